The summed E-state index contributed by atoms with van der Waals surface area (Å²) in [6.07, 6.45) is 48.1. The van der Waals surface area contributed by atoms with E-state index >= 15 is 0 Å². The van der Waals surface area contributed by atoms with Crippen molar-refractivity contribution in [2.24, 2.45) is 0 Å². The first-order chi connectivity index (χ1) is 22.5. The van der Waals surface area contributed by atoms with Crippen LogP contribution in [-0.4, -0.2) is 0 Å². The minimum atomic E-state index is 0.461. The molecule has 5 aromatic rings. The van der Waals surface area contributed by atoms with Crippen LogP contribution in [0.3, 0.4) is 0 Å². The Hall–Kier alpha value is -7.42. The molecule has 0 aliphatic heterocycles. The average Bonchev–Trinajstić information content (AvgIpc) is 3.12. The van der Waals surface area contributed by atoms with Gasteiger partial charge in [0.1, 0.15) is 0 Å². The minimum absolute atomic E-state index is 0.461. The monoisotopic (exact) mass is 574 g/mol. The molecule has 0 aromatic heterocycles. The van der Waals surface area contributed by atoms with Crippen molar-refractivity contribution < 1.29 is 0 Å². The molecule has 0 unspecified atom stereocenters. The summed E-state index contributed by atoms with van der Waals surface area (Å²) < 4.78 is 0. The molecule has 0 N–H and O–H groups in total. The van der Waals surface area contributed by atoms with Crippen LogP contribution in [0.1, 0.15) is 44.5 Å². The summed E-state index contributed by atoms with van der Waals surface area (Å²) in [5, 5.41) is 0. The molecule has 0 aliphatic carbocycles. The number of hydrogen-bond donors (Lipinski definition) is 0. The Labute approximate surface area is 271 Å². The van der Waals surface area contributed by atoms with Gasteiger partial charge in [0.25, 0.3) is 0 Å². The molecule has 0 fully saturated rings. The van der Waals surface area contributed by atoms with E-state index in [1.165, 1.54) is 0 Å². The molecular weight excluding hydrogens is 553 g/mol. The molecular formula is C46H22. The number of benzene rings is 5. The van der Waals surface area contributed by atoms with Crippen molar-refractivity contribution >= 4 is 0 Å². The first-order valence-electron chi connectivity index (χ1n) is 13.9. The zero-order valence-corrected chi connectivity index (χ0v) is 24.7. The van der Waals surface area contributed by atoms with Crippen molar-refractivity contribution in [1.29, 1.82) is 0 Å². The minimum Gasteiger partial charge on any atom is -0.115 e. The average molecular weight is 575 g/mol. The summed E-state index contributed by atoms with van der Waals surface area (Å²) >= 11 is 0. The summed E-state index contributed by atoms with van der Waals surface area (Å²) in [5.74, 6) is 22.1. The largest absolute Gasteiger partial charge is 0.115 e. The third-order valence-corrected chi connectivity index (χ3v) is 7.81. The zero-order chi connectivity index (χ0) is 32.8. The first kappa shape index (κ1) is 30.1. The third-order valence-electron chi connectivity index (χ3n) is 7.81. The zero-order valence-electron chi connectivity index (χ0n) is 24.7. The standard InChI is InChI=1S/C46H22/c1-9-31-21-17-19-23-39(31)41-25-27-43(35(13-5)33(41)11-3)45-29-30-46(38(16-8)37(45)15-7)44-28-26-42(34(12-4)36(44)14-6)40-24-20-18-22-32(40)10-2/h1-8,17-30H. The van der Waals surface area contributed by atoms with Gasteiger partial charge in [0.2, 0.25) is 0 Å². The van der Waals surface area contributed by atoms with Crippen LogP contribution < -0.4 is 0 Å². The molecule has 46 heavy (non-hydrogen) atoms. The second-order valence-corrected chi connectivity index (χ2v) is 9.98. The molecule has 5 aromatic carbocycles. The van der Waals surface area contributed by atoms with Crippen LogP contribution in [0.2, 0.25) is 0 Å². The molecule has 206 valence electrons. The van der Waals surface area contributed by atoms with Gasteiger partial charge in [-0.05, 0) is 56.6 Å². The fraction of sp³-hybridized carbons (Fsp3) is 0. The lowest BCUT2D eigenvalue weighted by Crippen LogP contribution is -2.01. The van der Waals surface area contributed by atoms with Gasteiger partial charge in [-0.1, -0.05) is 120 Å². The molecule has 5 rings (SSSR count). The lowest BCUT2D eigenvalue weighted by Gasteiger charge is -2.19. The van der Waals surface area contributed by atoms with Crippen molar-refractivity contribution in [2.45, 2.75) is 0 Å². The highest BCUT2D eigenvalue weighted by Crippen LogP contribution is 2.40. The van der Waals surface area contributed by atoms with Gasteiger partial charge in [-0.15, -0.1) is 51.4 Å². The Morgan fingerprint density at radius 1 is 0.239 bits per heavy atom. The smallest absolute Gasteiger partial charge is 0.0484 e. The van der Waals surface area contributed by atoms with Crippen LogP contribution in [0.4, 0.5) is 0 Å². The molecule has 0 heteroatoms. The summed E-state index contributed by atoms with van der Waals surface area (Å²) in [6, 6.07) is 26.4. The lowest BCUT2D eigenvalue weighted by atomic mass is 9.82. The Morgan fingerprint density at radius 2 is 0.457 bits per heavy atom. The van der Waals surface area contributed by atoms with Crippen LogP contribution in [-0.2, 0) is 0 Å². The molecule has 0 bridgehead atoms. The fourth-order valence-electron chi connectivity index (χ4n) is 5.74. The predicted molar refractivity (Wildman–Crippen MR) is 192 cm³/mol. The highest BCUT2D eigenvalue weighted by Gasteiger charge is 2.22. The molecule has 0 saturated heterocycles. The van der Waals surface area contributed by atoms with Gasteiger partial charge in [0, 0.05) is 44.5 Å². The van der Waals surface area contributed by atoms with Crippen LogP contribution in [0.15, 0.2) is 84.9 Å². The first-order valence-corrected chi connectivity index (χ1v) is 13.9. The lowest BCUT2D eigenvalue weighted by molar-refractivity contribution is 1.48. The van der Waals surface area contributed by atoms with Gasteiger partial charge in [-0.2, -0.15) is 0 Å². The van der Waals surface area contributed by atoms with E-state index in [-0.39, 0.29) is 0 Å². The van der Waals surface area contributed by atoms with Gasteiger partial charge in [0.15, 0.2) is 0 Å². The van der Waals surface area contributed by atoms with Crippen LogP contribution in [0, 0.1) is 98.8 Å². The van der Waals surface area contributed by atoms with Crippen LogP contribution in [0.25, 0.3) is 44.5 Å². The van der Waals surface area contributed by atoms with E-state index in [1.807, 2.05) is 84.9 Å². The fourth-order valence-corrected chi connectivity index (χ4v) is 5.74. The Balaban J connectivity index is 1.76. The normalized spacial score (nSPS) is 9.57. The molecule has 0 nitrogen and oxygen atoms in total. The van der Waals surface area contributed by atoms with Gasteiger partial charge >= 0.3 is 0 Å². The quantitative estimate of drug-likeness (QED) is 0.190. The maximum absolute atomic E-state index is 6.14. The van der Waals surface area contributed by atoms with Crippen molar-refractivity contribution in [3.8, 4) is 143 Å². The summed E-state index contributed by atoms with van der Waals surface area (Å²) in [4.78, 5) is 0. The van der Waals surface area contributed by atoms with E-state index in [0.29, 0.717) is 66.8 Å². The van der Waals surface area contributed by atoms with E-state index in [9.17, 15) is 0 Å². The maximum atomic E-state index is 6.14. The van der Waals surface area contributed by atoms with Crippen molar-refractivity contribution in [3.05, 3.63) is 129 Å². The van der Waals surface area contributed by atoms with E-state index in [1.54, 1.807) is 0 Å². The highest BCUT2D eigenvalue weighted by atomic mass is 14.2. The van der Waals surface area contributed by atoms with Gasteiger partial charge in [-0.3, -0.25) is 0 Å². The summed E-state index contributed by atoms with van der Waals surface area (Å²) in [5.41, 5.74) is 10.1. The second kappa shape index (κ2) is 12.8. The van der Waals surface area contributed by atoms with Gasteiger partial charge in [-0.25, -0.2) is 0 Å². The Morgan fingerprint density at radius 3 is 0.674 bits per heavy atom. The molecule has 0 spiro atoms. The van der Waals surface area contributed by atoms with Crippen molar-refractivity contribution in [2.75, 3.05) is 0 Å². The molecule has 0 atom stereocenters. The summed E-state index contributed by atoms with van der Waals surface area (Å²) in [6.45, 7) is 0. The predicted octanol–water partition coefficient (Wildman–Crippen LogP) is 8.21. The van der Waals surface area contributed by atoms with E-state index in [4.69, 9.17) is 51.4 Å². The van der Waals surface area contributed by atoms with E-state index < -0.39 is 0 Å². The topological polar surface area (TPSA) is 0 Å². The van der Waals surface area contributed by atoms with Gasteiger partial charge < -0.3 is 0 Å². The van der Waals surface area contributed by atoms with Crippen molar-refractivity contribution in [1.82, 2.24) is 0 Å². The number of terminal acetylenes is 8. The SMILES string of the molecule is C#Cc1ccccc1-c1ccc(-c2ccc(-c3ccc(-c4ccccc4C#C)c(C#C)c3C#C)c(C#C)c2C#C)c(C#C)c1C#C. The van der Waals surface area contributed by atoms with Crippen LogP contribution >= 0.6 is 0 Å². The third kappa shape index (κ3) is 4.86. The van der Waals surface area contributed by atoms with Crippen molar-refractivity contribution in [3.63, 3.8) is 0 Å². The van der Waals surface area contributed by atoms with E-state index in [2.05, 4.69) is 47.4 Å². The molecule has 0 saturated carbocycles. The highest BCUT2D eigenvalue weighted by molar-refractivity contribution is 5.92. The molecule has 0 heterocycles. The maximum Gasteiger partial charge on any atom is 0.0484 e. The molecule has 0 radical (unpaired) electrons. The Bertz CT molecular complexity index is 2260. The summed E-state index contributed by atoms with van der Waals surface area (Å²) in [7, 11) is 0. The second-order valence-electron chi connectivity index (χ2n) is 9.98. The van der Waals surface area contributed by atoms with E-state index in [0.717, 1.165) is 22.3 Å². The van der Waals surface area contributed by atoms with Gasteiger partial charge in [0.05, 0.1) is 0 Å². The molecule has 0 aliphatic rings. The molecule has 0 amide bonds. The number of hydrogen-bond acceptors (Lipinski definition) is 0. The van der Waals surface area contributed by atoms with Crippen LogP contribution in [0.5, 0.6) is 0 Å². The number of rotatable bonds is 4. The Kier molecular flexibility index (Phi) is 8.39.